The molecule has 2 aromatic heterocycles. The molecule has 3 aromatic rings. The van der Waals surface area contributed by atoms with Crippen molar-refractivity contribution < 1.29 is 14.6 Å². The van der Waals surface area contributed by atoms with E-state index in [-0.39, 0.29) is 11.8 Å². The van der Waals surface area contributed by atoms with Crippen LogP contribution >= 0.6 is 11.8 Å². The molecule has 7 nitrogen and oxygen atoms in total. The second-order valence-electron chi connectivity index (χ2n) is 8.43. The number of fused-ring (bicyclic) bond motifs is 1. The van der Waals surface area contributed by atoms with Crippen molar-refractivity contribution in [3.8, 4) is 5.75 Å². The maximum Gasteiger partial charge on any atom is 0.308 e. The second kappa shape index (κ2) is 11.4. The number of hydrogen-bond donors (Lipinski definition) is 1. The van der Waals surface area contributed by atoms with E-state index in [1.54, 1.807) is 37.5 Å². The molecule has 0 radical (unpaired) electrons. The van der Waals surface area contributed by atoms with Crippen molar-refractivity contribution in [3.63, 3.8) is 0 Å². The van der Waals surface area contributed by atoms with Gasteiger partial charge in [0.1, 0.15) is 10.8 Å². The minimum absolute atomic E-state index is 0.217. The molecule has 174 valence electrons. The summed E-state index contributed by atoms with van der Waals surface area (Å²) in [6, 6.07) is 8.01. The SMILES string of the molecule is COc1ccc2nccc(CCC[C@@H]3CCN(CCSc4cnccn4)C[C@@H]3C(=O)O)c2c1. The molecule has 2 atom stereocenters. The summed E-state index contributed by atoms with van der Waals surface area (Å²) in [4.78, 5) is 27.1. The van der Waals surface area contributed by atoms with Crippen molar-refractivity contribution in [1.82, 2.24) is 19.9 Å². The number of likely N-dealkylation sites (tertiary alicyclic amines) is 1. The number of piperidine rings is 1. The smallest absolute Gasteiger partial charge is 0.308 e. The van der Waals surface area contributed by atoms with Crippen molar-refractivity contribution in [3.05, 3.63) is 54.6 Å². The maximum atomic E-state index is 12.0. The fraction of sp³-hybridized carbons (Fsp3) is 0.440. The Hall–Kier alpha value is -2.71. The van der Waals surface area contributed by atoms with Gasteiger partial charge in [0.15, 0.2) is 0 Å². The number of carboxylic acid groups (broad SMARTS) is 1. The Morgan fingerprint density at radius 1 is 1.24 bits per heavy atom. The van der Waals surface area contributed by atoms with E-state index in [0.717, 1.165) is 66.2 Å². The van der Waals surface area contributed by atoms with Crippen molar-refractivity contribution in [2.75, 3.05) is 32.5 Å². The number of pyridine rings is 1. The molecule has 1 aliphatic heterocycles. The summed E-state index contributed by atoms with van der Waals surface area (Å²) < 4.78 is 5.37. The van der Waals surface area contributed by atoms with Gasteiger partial charge in [0.25, 0.3) is 0 Å². The van der Waals surface area contributed by atoms with Gasteiger partial charge in [0, 0.05) is 42.8 Å². The Kier molecular flexibility index (Phi) is 8.12. The Balaban J connectivity index is 1.29. The molecule has 0 saturated carbocycles. The van der Waals surface area contributed by atoms with Gasteiger partial charge < -0.3 is 14.7 Å². The van der Waals surface area contributed by atoms with E-state index in [0.29, 0.717) is 6.54 Å². The van der Waals surface area contributed by atoms with Gasteiger partial charge in [0.2, 0.25) is 0 Å². The summed E-state index contributed by atoms with van der Waals surface area (Å²) >= 11 is 1.66. The van der Waals surface area contributed by atoms with Gasteiger partial charge in [0.05, 0.1) is 24.7 Å². The van der Waals surface area contributed by atoms with E-state index in [1.165, 1.54) is 5.56 Å². The largest absolute Gasteiger partial charge is 0.497 e. The van der Waals surface area contributed by atoms with Crippen molar-refractivity contribution >= 4 is 28.6 Å². The zero-order valence-corrected chi connectivity index (χ0v) is 19.7. The third-order valence-corrected chi connectivity index (χ3v) is 7.31. The van der Waals surface area contributed by atoms with Gasteiger partial charge in [-0.2, -0.15) is 0 Å². The van der Waals surface area contributed by atoms with Crippen LogP contribution in [0.3, 0.4) is 0 Å². The highest BCUT2D eigenvalue weighted by molar-refractivity contribution is 7.99. The van der Waals surface area contributed by atoms with Gasteiger partial charge >= 0.3 is 5.97 Å². The summed E-state index contributed by atoms with van der Waals surface area (Å²) in [6.07, 6.45) is 10.7. The standard InChI is InChI=1S/C25H30N4O3S/c1-32-20-5-6-23-21(15-20)18(7-9-27-23)3-2-4-19-8-12-29(17-22(19)25(30)31)13-14-33-24-16-26-10-11-28-24/h5-7,9-11,15-16,19,22H,2-4,8,12-14,17H2,1H3,(H,30,31)/t19-,22+/m1/s1. The van der Waals surface area contributed by atoms with Gasteiger partial charge in [-0.05, 0) is 68.0 Å². The van der Waals surface area contributed by atoms with Gasteiger partial charge in [-0.1, -0.05) is 0 Å². The maximum absolute atomic E-state index is 12.0. The molecule has 4 rings (SSSR count). The van der Waals surface area contributed by atoms with Crippen LogP contribution in [0.1, 0.15) is 24.8 Å². The van der Waals surface area contributed by atoms with E-state index >= 15 is 0 Å². The van der Waals surface area contributed by atoms with Crippen LogP contribution in [0.25, 0.3) is 10.9 Å². The Morgan fingerprint density at radius 2 is 2.15 bits per heavy atom. The molecule has 3 heterocycles. The number of rotatable bonds is 10. The molecule has 1 aromatic carbocycles. The van der Waals surface area contributed by atoms with Crippen molar-refractivity contribution in [2.45, 2.75) is 30.7 Å². The molecule has 0 amide bonds. The molecule has 1 N–H and O–H groups in total. The number of ether oxygens (including phenoxy) is 1. The molecule has 0 bridgehead atoms. The van der Waals surface area contributed by atoms with Gasteiger partial charge in [-0.15, -0.1) is 11.8 Å². The predicted octanol–water partition coefficient (Wildman–Crippen LogP) is 4.17. The van der Waals surface area contributed by atoms with Gasteiger partial charge in [-0.25, -0.2) is 4.98 Å². The Morgan fingerprint density at radius 3 is 2.94 bits per heavy atom. The first kappa shape index (κ1) is 23.4. The number of carboxylic acids is 1. The zero-order chi connectivity index (χ0) is 23.0. The van der Waals surface area contributed by atoms with Crippen LogP contribution in [0.15, 0.2) is 54.1 Å². The molecule has 8 heteroatoms. The summed E-state index contributed by atoms with van der Waals surface area (Å²) in [5, 5.41) is 11.9. The van der Waals surface area contributed by atoms with E-state index in [4.69, 9.17) is 4.74 Å². The average Bonchev–Trinajstić information content (AvgIpc) is 2.85. The Labute approximate surface area is 198 Å². The van der Waals surface area contributed by atoms with Crippen LogP contribution in [-0.2, 0) is 11.2 Å². The summed E-state index contributed by atoms with van der Waals surface area (Å²) in [7, 11) is 1.67. The average molecular weight is 467 g/mol. The first-order valence-electron chi connectivity index (χ1n) is 11.4. The Bertz CT molecular complexity index is 1070. The molecule has 0 spiro atoms. The topological polar surface area (TPSA) is 88.4 Å². The lowest BCUT2D eigenvalue weighted by molar-refractivity contribution is -0.146. The fourth-order valence-electron chi connectivity index (χ4n) is 4.62. The van der Waals surface area contributed by atoms with Crippen LogP contribution in [-0.4, -0.2) is 63.4 Å². The second-order valence-corrected chi connectivity index (χ2v) is 9.55. The molecular weight excluding hydrogens is 436 g/mol. The number of aromatic nitrogens is 3. The van der Waals surface area contributed by atoms with E-state index < -0.39 is 5.97 Å². The minimum atomic E-state index is -0.676. The number of nitrogens with zero attached hydrogens (tertiary/aromatic N) is 4. The molecule has 1 aliphatic rings. The molecule has 0 aliphatic carbocycles. The van der Waals surface area contributed by atoms with Crippen LogP contribution in [0, 0.1) is 11.8 Å². The zero-order valence-electron chi connectivity index (χ0n) is 18.9. The quantitative estimate of drug-likeness (QED) is 0.446. The molecule has 0 unspecified atom stereocenters. The lowest BCUT2D eigenvalue weighted by Gasteiger charge is -2.36. The van der Waals surface area contributed by atoms with Crippen LogP contribution in [0.2, 0.25) is 0 Å². The lowest BCUT2D eigenvalue weighted by atomic mass is 9.81. The van der Waals surface area contributed by atoms with E-state index in [2.05, 4.69) is 25.9 Å². The summed E-state index contributed by atoms with van der Waals surface area (Å²) in [5.41, 5.74) is 2.20. The number of thioether (sulfide) groups is 1. The van der Waals surface area contributed by atoms with Crippen LogP contribution in [0.5, 0.6) is 5.75 Å². The van der Waals surface area contributed by atoms with Crippen LogP contribution in [0.4, 0.5) is 0 Å². The molecule has 1 fully saturated rings. The summed E-state index contributed by atoms with van der Waals surface area (Å²) in [6.45, 7) is 2.43. The number of aryl methyl sites for hydroxylation is 1. The highest BCUT2D eigenvalue weighted by Gasteiger charge is 2.33. The van der Waals surface area contributed by atoms with Gasteiger partial charge in [-0.3, -0.25) is 14.8 Å². The normalized spacial score (nSPS) is 18.9. The predicted molar refractivity (Wildman–Crippen MR) is 130 cm³/mol. The number of hydrogen-bond acceptors (Lipinski definition) is 7. The minimum Gasteiger partial charge on any atom is -0.497 e. The summed E-state index contributed by atoms with van der Waals surface area (Å²) in [5.74, 6) is 0.940. The third kappa shape index (κ3) is 6.21. The number of benzene rings is 1. The first-order chi connectivity index (χ1) is 16.1. The van der Waals surface area contributed by atoms with Crippen molar-refractivity contribution in [1.29, 1.82) is 0 Å². The fourth-order valence-corrected chi connectivity index (χ4v) is 5.45. The number of aliphatic carboxylic acids is 1. The third-order valence-electron chi connectivity index (χ3n) is 6.41. The van der Waals surface area contributed by atoms with Crippen molar-refractivity contribution in [2.24, 2.45) is 11.8 Å². The highest BCUT2D eigenvalue weighted by Crippen LogP contribution is 2.30. The number of carbonyl (C=O) groups is 1. The van der Waals surface area contributed by atoms with Crippen LogP contribution < -0.4 is 4.74 Å². The number of methoxy groups -OCH3 is 1. The monoisotopic (exact) mass is 466 g/mol. The lowest BCUT2D eigenvalue weighted by Crippen LogP contribution is -2.44. The highest BCUT2D eigenvalue weighted by atomic mass is 32.2. The molecular formula is C25H30N4O3S. The van der Waals surface area contributed by atoms with E-state index in [9.17, 15) is 9.90 Å². The first-order valence-corrected chi connectivity index (χ1v) is 12.4. The van der Waals surface area contributed by atoms with E-state index in [1.807, 2.05) is 24.4 Å². The molecule has 1 saturated heterocycles. The molecule has 33 heavy (non-hydrogen) atoms.